The molecule has 5 rings (SSSR count). The summed E-state index contributed by atoms with van der Waals surface area (Å²) in [5.41, 5.74) is 3.94. The fourth-order valence-corrected chi connectivity index (χ4v) is 5.97. The van der Waals surface area contributed by atoms with Gasteiger partial charge in [-0.1, -0.05) is 45.4 Å². The van der Waals surface area contributed by atoms with Crippen LogP contribution in [0.3, 0.4) is 0 Å². The maximum Gasteiger partial charge on any atom is 0.291 e. The first-order valence-corrected chi connectivity index (χ1v) is 15.4. The molecule has 11 heteroatoms. The van der Waals surface area contributed by atoms with Crippen LogP contribution in [0.25, 0.3) is 0 Å². The van der Waals surface area contributed by atoms with Gasteiger partial charge in [0, 0.05) is 30.7 Å². The van der Waals surface area contributed by atoms with Crippen LogP contribution in [-0.4, -0.2) is 61.2 Å². The third-order valence-electron chi connectivity index (χ3n) is 8.51. The first-order valence-electron chi connectivity index (χ1n) is 15.0. The number of ether oxygens (including phenoxy) is 3. The third kappa shape index (κ3) is 6.90. The van der Waals surface area contributed by atoms with Gasteiger partial charge < -0.3 is 34.2 Å². The van der Waals surface area contributed by atoms with Crippen LogP contribution in [0.15, 0.2) is 41.1 Å². The molecule has 10 nitrogen and oxygen atoms in total. The molecular formula is C33H42ClN5O5. The van der Waals surface area contributed by atoms with Crippen LogP contribution < -0.4 is 20.1 Å². The average molecular weight is 624 g/mol. The number of anilines is 2. The minimum atomic E-state index is -0.477. The van der Waals surface area contributed by atoms with E-state index in [0.717, 1.165) is 37.9 Å². The van der Waals surface area contributed by atoms with Crippen molar-refractivity contribution in [2.24, 2.45) is 0 Å². The maximum absolute atomic E-state index is 13.2. The number of fused-ring (bicyclic) bond motifs is 1. The molecule has 2 N–H and O–H groups in total. The van der Waals surface area contributed by atoms with Gasteiger partial charge in [0.15, 0.2) is 11.4 Å². The molecule has 236 valence electrons. The van der Waals surface area contributed by atoms with Crippen LogP contribution in [0.5, 0.6) is 11.8 Å². The van der Waals surface area contributed by atoms with Crippen molar-refractivity contribution in [3.8, 4) is 11.8 Å². The minimum Gasteiger partial charge on any atom is -0.498 e. The van der Waals surface area contributed by atoms with Crippen molar-refractivity contribution >= 4 is 29.1 Å². The molecule has 2 aliphatic rings. The van der Waals surface area contributed by atoms with E-state index in [1.165, 1.54) is 25.3 Å². The van der Waals surface area contributed by atoms with Crippen molar-refractivity contribution in [1.82, 2.24) is 14.9 Å². The number of aromatic nitrogens is 2. The maximum atomic E-state index is 13.2. The summed E-state index contributed by atoms with van der Waals surface area (Å²) in [7, 11) is 2.95. The normalized spacial score (nSPS) is 16.6. The Labute approximate surface area is 264 Å². The molecule has 1 aromatic carbocycles. The van der Waals surface area contributed by atoms with Gasteiger partial charge >= 0.3 is 0 Å². The number of methoxy groups -OCH3 is 2. The number of nitrogens with zero attached hydrogens (tertiary/aromatic N) is 3. The number of hydrogen-bond acceptors (Lipinski definition) is 9. The largest absolute Gasteiger partial charge is 0.498 e. The molecule has 0 fully saturated rings. The van der Waals surface area contributed by atoms with Crippen LogP contribution in [-0.2, 0) is 22.0 Å². The zero-order valence-electron chi connectivity index (χ0n) is 26.4. The highest BCUT2D eigenvalue weighted by molar-refractivity contribution is 6.31. The van der Waals surface area contributed by atoms with Gasteiger partial charge in [-0.05, 0) is 65.0 Å². The summed E-state index contributed by atoms with van der Waals surface area (Å²) in [6, 6.07) is 7.76. The van der Waals surface area contributed by atoms with Crippen molar-refractivity contribution in [1.29, 1.82) is 0 Å². The van der Waals surface area contributed by atoms with Crippen molar-refractivity contribution in [3.05, 3.63) is 70.0 Å². The van der Waals surface area contributed by atoms with E-state index in [2.05, 4.69) is 65.3 Å². The Morgan fingerprint density at radius 2 is 1.73 bits per heavy atom. The van der Waals surface area contributed by atoms with Crippen LogP contribution >= 0.6 is 11.6 Å². The van der Waals surface area contributed by atoms with Crippen molar-refractivity contribution < 1.29 is 23.4 Å². The second-order valence-corrected chi connectivity index (χ2v) is 13.0. The zero-order chi connectivity index (χ0) is 31.5. The van der Waals surface area contributed by atoms with E-state index in [0.29, 0.717) is 36.3 Å². The molecule has 0 saturated carbocycles. The quantitative estimate of drug-likeness (QED) is 0.230. The predicted molar refractivity (Wildman–Crippen MR) is 171 cm³/mol. The van der Waals surface area contributed by atoms with E-state index in [1.807, 2.05) is 6.20 Å². The van der Waals surface area contributed by atoms with Gasteiger partial charge in [-0.3, -0.25) is 4.79 Å². The fraction of sp³-hybridized carbons (Fsp3) is 0.485. The van der Waals surface area contributed by atoms with Crippen molar-refractivity contribution in [3.63, 3.8) is 0 Å². The minimum absolute atomic E-state index is 0.0597. The zero-order valence-corrected chi connectivity index (χ0v) is 27.1. The Morgan fingerprint density at radius 1 is 1.05 bits per heavy atom. The van der Waals surface area contributed by atoms with E-state index >= 15 is 0 Å². The topological polar surface area (TPSA) is 111 Å². The summed E-state index contributed by atoms with van der Waals surface area (Å²) < 4.78 is 22.2. The number of benzene rings is 1. The summed E-state index contributed by atoms with van der Waals surface area (Å²) >= 11 is 6.79. The molecule has 0 unspecified atom stereocenters. The van der Waals surface area contributed by atoms with Crippen LogP contribution in [0.4, 0.5) is 11.6 Å². The number of rotatable bonds is 11. The lowest BCUT2D eigenvalue weighted by molar-refractivity contribution is 0.0994. The molecule has 0 bridgehead atoms. The first-order chi connectivity index (χ1) is 21.0. The monoisotopic (exact) mass is 623 g/mol. The van der Waals surface area contributed by atoms with Crippen molar-refractivity contribution in [2.45, 2.75) is 64.2 Å². The molecule has 3 heterocycles. The highest BCUT2D eigenvalue weighted by Crippen LogP contribution is 2.47. The number of nitrogens with one attached hydrogen (secondary N) is 2. The molecular weight excluding hydrogens is 582 g/mol. The Kier molecular flexibility index (Phi) is 9.29. The Bertz CT molecular complexity index is 1510. The third-order valence-corrected chi connectivity index (χ3v) is 8.86. The molecule has 0 atom stereocenters. The average Bonchev–Trinajstić information content (AvgIpc) is 3.48. The molecule has 1 amide bonds. The van der Waals surface area contributed by atoms with E-state index in [4.69, 9.17) is 30.2 Å². The number of amides is 1. The predicted octanol–water partition coefficient (Wildman–Crippen LogP) is 6.54. The Hall–Kier alpha value is -3.92. The highest BCUT2D eigenvalue weighted by Gasteiger charge is 2.37. The highest BCUT2D eigenvalue weighted by atomic mass is 35.5. The van der Waals surface area contributed by atoms with Gasteiger partial charge in [0.25, 0.3) is 5.91 Å². The lowest BCUT2D eigenvalue weighted by Crippen LogP contribution is -2.34. The van der Waals surface area contributed by atoms with Gasteiger partial charge in [0.1, 0.15) is 12.4 Å². The number of hydrogen-bond donors (Lipinski definition) is 2. The number of carbonyl (C=O) groups excluding carboxylic acids is 1. The van der Waals surface area contributed by atoms with Gasteiger partial charge in [-0.2, -0.15) is 9.97 Å². The summed E-state index contributed by atoms with van der Waals surface area (Å²) in [5, 5.41) is 6.70. The van der Waals surface area contributed by atoms with E-state index in [1.54, 1.807) is 18.4 Å². The van der Waals surface area contributed by atoms with Crippen molar-refractivity contribution in [2.75, 3.05) is 51.1 Å². The van der Waals surface area contributed by atoms with Gasteiger partial charge in [0.05, 0.1) is 27.0 Å². The lowest BCUT2D eigenvalue weighted by atomic mass is 9.63. The second-order valence-electron chi connectivity index (χ2n) is 12.6. The smallest absolute Gasteiger partial charge is 0.291 e. The van der Waals surface area contributed by atoms with Gasteiger partial charge in [-0.25, -0.2) is 0 Å². The first kappa shape index (κ1) is 31.5. The molecule has 3 aromatic rings. The van der Waals surface area contributed by atoms with E-state index in [9.17, 15) is 4.79 Å². The Morgan fingerprint density at radius 3 is 2.36 bits per heavy atom. The molecule has 2 aromatic heterocycles. The van der Waals surface area contributed by atoms with Gasteiger partial charge in [0.2, 0.25) is 17.7 Å². The summed E-state index contributed by atoms with van der Waals surface area (Å²) in [6.45, 7) is 12.2. The van der Waals surface area contributed by atoms with Crippen LogP contribution in [0, 0.1) is 0 Å². The lowest BCUT2D eigenvalue weighted by Gasteiger charge is -2.42. The van der Waals surface area contributed by atoms with Crippen LogP contribution in [0.2, 0.25) is 5.02 Å². The second kappa shape index (κ2) is 13.0. The molecule has 44 heavy (non-hydrogen) atoms. The number of furan rings is 1. The SMILES string of the molecule is COc1nc(NCCCN2C=COCC2)nc(OC)c1NC(=O)c1ccc(Cc2cc3c(cc2Cl)C(C)(C)CCC3(C)C)o1. The summed E-state index contributed by atoms with van der Waals surface area (Å²) in [5.74, 6) is 0.966. The van der Waals surface area contributed by atoms with Crippen LogP contribution in [0.1, 0.15) is 80.0 Å². The number of halogens is 1. The van der Waals surface area contributed by atoms with E-state index < -0.39 is 5.91 Å². The van der Waals surface area contributed by atoms with E-state index in [-0.39, 0.29) is 34.0 Å². The Balaban J connectivity index is 1.26. The molecule has 1 aliphatic carbocycles. The standard InChI is InChI=1S/C33H42ClN5O5/c1-32(2)10-11-33(3,4)24-20-25(34)21(19-23(24)32)18-22-8-9-26(44-22)28(40)36-27-29(41-5)37-31(38-30(27)42-6)35-12-7-13-39-14-16-43-17-15-39/h8-9,14,16,19-20H,7,10-13,15,17-18H2,1-6H3,(H,36,40)(H,35,37,38). The van der Waals surface area contributed by atoms with Gasteiger partial charge in [-0.15, -0.1) is 0 Å². The molecule has 0 radical (unpaired) electrons. The summed E-state index contributed by atoms with van der Waals surface area (Å²) in [6.07, 6.45) is 7.21. The summed E-state index contributed by atoms with van der Waals surface area (Å²) in [4.78, 5) is 24.3. The fourth-order valence-electron chi connectivity index (χ4n) is 5.74. The molecule has 0 spiro atoms. The molecule has 0 saturated heterocycles. The molecule has 1 aliphatic heterocycles. The number of carbonyl (C=O) groups is 1.